The van der Waals surface area contributed by atoms with Crippen molar-refractivity contribution in [1.29, 1.82) is 5.26 Å². The molecule has 3 aliphatic heterocycles. The zero-order valence-corrected chi connectivity index (χ0v) is 18.7. The molecule has 168 valence electrons. The lowest BCUT2D eigenvalue weighted by molar-refractivity contribution is 0.274. The predicted molar refractivity (Wildman–Crippen MR) is 127 cm³/mol. The molecule has 6 nitrogen and oxygen atoms in total. The van der Waals surface area contributed by atoms with Crippen LogP contribution in [0.1, 0.15) is 18.9 Å². The van der Waals surface area contributed by atoms with Gasteiger partial charge in [0.05, 0.1) is 30.2 Å². The number of hydrogen-bond acceptors (Lipinski definition) is 6. The number of anilines is 1. The van der Waals surface area contributed by atoms with E-state index in [1.807, 2.05) is 12.1 Å². The highest BCUT2D eigenvalue weighted by atomic mass is 19.1. The highest BCUT2D eigenvalue weighted by molar-refractivity contribution is 5.95. The Labute approximate surface area is 193 Å². The maximum Gasteiger partial charge on any atom is 0.134 e. The maximum atomic E-state index is 14.0. The molecule has 1 aromatic carbocycles. The molecule has 3 atom stereocenters. The second kappa shape index (κ2) is 7.60. The van der Waals surface area contributed by atoms with Gasteiger partial charge in [0.25, 0.3) is 0 Å². The molecule has 1 aromatic heterocycles. The number of fused-ring (bicyclic) bond motifs is 3. The number of allylic oxidation sites excluding steroid dienone is 2. The highest BCUT2D eigenvalue weighted by Crippen LogP contribution is 2.41. The van der Waals surface area contributed by atoms with Crippen molar-refractivity contribution in [3.63, 3.8) is 0 Å². The molecule has 1 aliphatic carbocycles. The average Bonchev–Trinajstić information content (AvgIpc) is 3.37. The number of likely N-dealkylation sites (tertiary alicyclic amines) is 1. The number of hydrogen-bond donors (Lipinski definition) is 1. The first kappa shape index (κ1) is 20.3. The minimum Gasteiger partial charge on any atom is -0.367 e. The molecule has 0 bridgehead atoms. The van der Waals surface area contributed by atoms with E-state index in [1.165, 1.54) is 16.8 Å². The Morgan fingerprint density at radius 1 is 1.15 bits per heavy atom. The Bertz CT molecular complexity index is 1260. The average molecular weight is 443 g/mol. The molecule has 0 amide bonds. The molecule has 0 unspecified atom stereocenters. The van der Waals surface area contributed by atoms with Crippen molar-refractivity contribution in [3.05, 3.63) is 70.7 Å². The Morgan fingerprint density at radius 2 is 2.03 bits per heavy atom. The van der Waals surface area contributed by atoms with Crippen molar-refractivity contribution >= 4 is 16.6 Å². The van der Waals surface area contributed by atoms with Gasteiger partial charge in [-0.25, -0.2) is 4.39 Å². The van der Waals surface area contributed by atoms with Crippen LogP contribution in [0.4, 0.5) is 10.1 Å². The summed E-state index contributed by atoms with van der Waals surface area (Å²) in [6.45, 7) is 5.89. The van der Waals surface area contributed by atoms with Gasteiger partial charge in [-0.15, -0.1) is 0 Å². The molecule has 2 fully saturated rings. The first-order valence-electron chi connectivity index (χ1n) is 11.6. The third-order valence-electron chi connectivity index (χ3n) is 7.48. The highest BCUT2D eigenvalue weighted by Gasteiger charge is 2.38. The quantitative estimate of drug-likeness (QED) is 0.771. The number of nitrogens with two attached hydrogens (primary N) is 1. The van der Waals surface area contributed by atoms with E-state index in [9.17, 15) is 9.65 Å². The van der Waals surface area contributed by atoms with Gasteiger partial charge in [-0.3, -0.25) is 4.98 Å². The molecule has 4 heterocycles. The van der Waals surface area contributed by atoms with Gasteiger partial charge in [0.15, 0.2) is 0 Å². The molecule has 7 heteroatoms. The summed E-state index contributed by atoms with van der Waals surface area (Å²) in [5, 5.41) is 10.5. The minimum atomic E-state index is -0.954. The fraction of sp³-hybridized carbons (Fsp3) is 0.385. The molecule has 6 rings (SSSR count). The monoisotopic (exact) mass is 442 g/mol. The second-order valence-corrected chi connectivity index (χ2v) is 9.51. The number of pyridine rings is 1. The zero-order chi connectivity index (χ0) is 22.7. The number of aromatic nitrogens is 1. The lowest BCUT2D eigenvalue weighted by Gasteiger charge is -2.42. The van der Waals surface area contributed by atoms with Gasteiger partial charge in [-0.05, 0) is 54.8 Å². The molecular weight excluding hydrogens is 415 g/mol. The van der Waals surface area contributed by atoms with Crippen LogP contribution in [0.2, 0.25) is 0 Å². The lowest BCUT2D eigenvalue weighted by atomic mass is 9.96. The SMILES string of the molecule is C[C@@H]1CN(c2ccc(C#N)c3ncccc23)CC2=C3CC=C(N4C[C@@H](N)[C@@H](F)C4)C=C3CN21. The smallest absolute Gasteiger partial charge is 0.134 e. The van der Waals surface area contributed by atoms with E-state index in [0.29, 0.717) is 24.7 Å². The standard InChI is InChI=1S/C26H27FN6/c1-16-11-32(24-7-4-17(10-28)26-21(24)3-2-8-30-26)15-25-20-6-5-19(9-18(20)12-33(16)25)31-13-22(27)23(29)14-31/h2-5,7-9,16,22-23H,6,11-15,29H2,1H3/t16-,22+,23-/m1/s1. The number of benzene rings is 1. The molecule has 33 heavy (non-hydrogen) atoms. The Kier molecular flexibility index (Phi) is 4.66. The van der Waals surface area contributed by atoms with E-state index in [4.69, 9.17) is 5.73 Å². The van der Waals surface area contributed by atoms with E-state index in [1.54, 1.807) is 6.20 Å². The van der Waals surface area contributed by atoms with Gasteiger partial charge >= 0.3 is 0 Å². The van der Waals surface area contributed by atoms with Crippen LogP contribution in [0.15, 0.2) is 65.2 Å². The van der Waals surface area contributed by atoms with Gasteiger partial charge in [0.2, 0.25) is 0 Å². The third kappa shape index (κ3) is 3.20. The normalized spacial score (nSPS) is 26.8. The second-order valence-electron chi connectivity index (χ2n) is 9.51. The fourth-order valence-corrected chi connectivity index (χ4v) is 5.76. The molecule has 2 saturated heterocycles. The summed E-state index contributed by atoms with van der Waals surface area (Å²) in [5.41, 5.74) is 13.6. The number of nitriles is 1. The van der Waals surface area contributed by atoms with Crippen LogP contribution in [0.5, 0.6) is 0 Å². The fourth-order valence-electron chi connectivity index (χ4n) is 5.76. The van der Waals surface area contributed by atoms with Crippen molar-refractivity contribution in [2.24, 2.45) is 5.73 Å². The van der Waals surface area contributed by atoms with Gasteiger partial charge in [-0.1, -0.05) is 6.08 Å². The molecule has 4 aliphatic rings. The number of nitrogens with zero attached hydrogens (tertiary/aromatic N) is 5. The number of alkyl halides is 1. The van der Waals surface area contributed by atoms with E-state index < -0.39 is 12.2 Å². The first-order valence-corrected chi connectivity index (χ1v) is 11.6. The van der Waals surface area contributed by atoms with Crippen LogP contribution in [-0.4, -0.2) is 65.8 Å². The summed E-state index contributed by atoms with van der Waals surface area (Å²) in [7, 11) is 0. The predicted octanol–water partition coefficient (Wildman–Crippen LogP) is 3.08. The van der Waals surface area contributed by atoms with Crippen LogP contribution in [-0.2, 0) is 0 Å². The van der Waals surface area contributed by atoms with E-state index in [0.717, 1.165) is 48.3 Å². The molecule has 0 spiro atoms. The van der Waals surface area contributed by atoms with Gasteiger partial charge in [-0.2, -0.15) is 5.26 Å². The number of piperazine rings is 1. The summed E-state index contributed by atoms with van der Waals surface area (Å²) >= 11 is 0. The van der Waals surface area contributed by atoms with Crippen molar-refractivity contribution in [3.8, 4) is 6.07 Å². The number of rotatable bonds is 2. The Morgan fingerprint density at radius 3 is 2.82 bits per heavy atom. The Hall–Kier alpha value is -3.37. The lowest BCUT2D eigenvalue weighted by Crippen LogP contribution is -2.49. The molecule has 2 N–H and O–H groups in total. The minimum absolute atomic E-state index is 0.356. The maximum absolute atomic E-state index is 14.0. The first-order chi connectivity index (χ1) is 16.0. The van der Waals surface area contributed by atoms with Crippen molar-refractivity contribution in [1.82, 2.24) is 14.8 Å². The van der Waals surface area contributed by atoms with Crippen LogP contribution in [0, 0.1) is 11.3 Å². The summed E-state index contributed by atoms with van der Waals surface area (Å²) in [4.78, 5) is 11.5. The Balaban J connectivity index is 1.32. The molecule has 0 saturated carbocycles. The molecule has 0 radical (unpaired) electrons. The van der Waals surface area contributed by atoms with Crippen LogP contribution < -0.4 is 10.6 Å². The van der Waals surface area contributed by atoms with Crippen molar-refractivity contribution in [2.75, 3.05) is 37.6 Å². The number of halogens is 1. The summed E-state index contributed by atoms with van der Waals surface area (Å²) in [5.74, 6) is 0. The zero-order valence-electron chi connectivity index (χ0n) is 18.7. The van der Waals surface area contributed by atoms with Crippen molar-refractivity contribution < 1.29 is 4.39 Å². The summed E-state index contributed by atoms with van der Waals surface area (Å²) in [6, 6.07) is 10.2. The van der Waals surface area contributed by atoms with E-state index >= 15 is 0 Å². The largest absolute Gasteiger partial charge is 0.367 e. The van der Waals surface area contributed by atoms with E-state index in [2.05, 4.69) is 57.0 Å². The summed E-state index contributed by atoms with van der Waals surface area (Å²) < 4.78 is 14.0. The van der Waals surface area contributed by atoms with Crippen molar-refractivity contribution in [2.45, 2.75) is 31.6 Å². The third-order valence-corrected chi connectivity index (χ3v) is 7.48. The van der Waals surface area contributed by atoms with Crippen LogP contribution >= 0.6 is 0 Å². The summed E-state index contributed by atoms with van der Waals surface area (Å²) in [6.07, 6.45) is 6.13. The topological polar surface area (TPSA) is 72.4 Å². The van der Waals surface area contributed by atoms with Gasteiger partial charge < -0.3 is 20.4 Å². The molecular formula is C26H27FN6. The molecule has 2 aromatic rings. The van der Waals surface area contributed by atoms with Gasteiger partial charge in [0, 0.05) is 54.3 Å². The van der Waals surface area contributed by atoms with Crippen LogP contribution in [0.25, 0.3) is 10.9 Å². The van der Waals surface area contributed by atoms with Gasteiger partial charge in [0.1, 0.15) is 12.2 Å². The van der Waals surface area contributed by atoms with Crippen LogP contribution in [0.3, 0.4) is 0 Å². The van der Waals surface area contributed by atoms with E-state index in [-0.39, 0.29) is 0 Å².